The first-order valence-corrected chi connectivity index (χ1v) is 9.30. The van der Waals surface area contributed by atoms with Gasteiger partial charge < -0.3 is 24.8 Å². The van der Waals surface area contributed by atoms with Gasteiger partial charge in [-0.1, -0.05) is 0 Å². The van der Waals surface area contributed by atoms with E-state index in [1.54, 1.807) is 20.8 Å². The Balaban J connectivity index is -0.000000561. The van der Waals surface area contributed by atoms with Crippen LogP contribution < -0.4 is 16.0 Å². The van der Waals surface area contributed by atoms with Gasteiger partial charge in [-0.05, 0) is 41.7 Å². The molecule has 32 heavy (non-hydrogen) atoms. The summed E-state index contributed by atoms with van der Waals surface area (Å²) >= 11 is 0. The summed E-state index contributed by atoms with van der Waals surface area (Å²) < 4.78 is 14.2. The van der Waals surface area contributed by atoms with Gasteiger partial charge in [0.1, 0.15) is 5.60 Å². The Kier molecular flexibility index (Phi) is 14.6. The van der Waals surface area contributed by atoms with Crippen LogP contribution in [0, 0.1) is 0 Å². The number of carbonyl (C=O) groups excluding carboxylic acids is 5. The van der Waals surface area contributed by atoms with Crippen LogP contribution in [0.1, 0.15) is 34.6 Å². The number of nitrogens with one attached hydrogen (secondary N) is 3. The number of rotatable bonds is 6. The number of ether oxygens (including phenoxy) is 3. The fourth-order valence-electron chi connectivity index (χ4n) is 2.10. The molecule has 0 heterocycles. The summed E-state index contributed by atoms with van der Waals surface area (Å²) in [5.41, 5.74) is -3.82. The molecule has 0 aromatic heterocycles. The number of amides is 3. The molecule has 0 spiro atoms. The number of hydrogen-bond acceptors (Lipinski definition) is 9. The summed E-state index contributed by atoms with van der Waals surface area (Å²) in [7, 11) is 8.03. The lowest BCUT2D eigenvalue weighted by atomic mass is 10.00. The summed E-state index contributed by atoms with van der Waals surface area (Å²) in [5.74, 6) is -2.53. The molecule has 0 saturated heterocycles. The highest BCUT2D eigenvalue weighted by molar-refractivity contribution is 6.09. The number of nitrogens with zero attached hydrogens (tertiary/aromatic N) is 1. The van der Waals surface area contributed by atoms with E-state index in [4.69, 9.17) is 4.74 Å². The van der Waals surface area contributed by atoms with Crippen molar-refractivity contribution in [2.75, 3.05) is 42.4 Å². The van der Waals surface area contributed by atoms with E-state index < -0.39 is 46.5 Å². The van der Waals surface area contributed by atoms with Crippen LogP contribution in [0.2, 0.25) is 0 Å². The van der Waals surface area contributed by atoms with E-state index >= 15 is 0 Å². The Morgan fingerprint density at radius 1 is 0.750 bits per heavy atom. The van der Waals surface area contributed by atoms with E-state index in [9.17, 15) is 24.0 Å². The van der Waals surface area contributed by atoms with Gasteiger partial charge in [0.15, 0.2) is 5.54 Å². The van der Waals surface area contributed by atoms with E-state index in [1.807, 2.05) is 0 Å². The maximum absolute atomic E-state index is 12.0. The highest BCUT2D eigenvalue weighted by Crippen LogP contribution is 2.19. The van der Waals surface area contributed by atoms with Gasteiger partial charge in [0.2, 0.25) is 5.54 Å². The molecule has 2 atom stereocenters. The van der Waals surface area contributed by atoms with E-state index in [0.29, 0.717) is 0 Å². The number of halogens is 1. The fourth-order valence-corrected chi connectivity index (χ4v) is 2.10. The summed E-state index contributed by atoms with van der Waals surface area (Å²) in [6, 6.07) is 0. The lowest BCUT2D eigenvalue weighted by molar-refractivity contribution is -0.159. The monoisotopic (exact) mass is 484 g/mol. The van der Waals surface area contributed by atoms with E-state index in [1.165, 1.54) is 49.1 Å². The van der Waals surface area contributed by atoms with Gasteiger partial charge in [-0.3, -0.25) is 19.8 Å². The summed E-state index contributed by atoms with van der Waals surface area (Å²) in [6.45, 7) is 7.82. The number of hydrogen-bond donors (Lipinski definition) is 3. The second-order valence-electron chi connectivity index (χ2n) is 7.63. The van der Waals surface area contributed by atoms with Crippen molar-refractivity contribution < 1.29 is 38.2 Å². The van der Waals surface area contributed by atoms with Crippen LogP contribution in [-0.2, 0) is 33.4 Å². The largest absolute Gasteiger partial charge is 0.467 e. The standard InChI is InChI=1S/C12H22N2O5.C7H14N2O3.ClH/c1-11(2,3)19-10(17)14(6)12(4,8(15)13-5)9(16)18-7;1-7(9-3,5(10)8-2)6(11)12-4;/h1-7H3,(H,13,15);9H,1-4H3,(H,8,10);1H. The van der Waals surface area contributed by atoms with Crippen LogP contribution in [-0.4, -0.2) is 93.8 Å². The van der Waals surface area contributed by atoms with Gasteiger partial charge >= 0.3 is 18.0 Å². The molecule has 0 radical (unpaired) electrons. The zero-order valence-corrected chi connectivity index (χ0v) is 21.4. The molecule has 0 saturated carbocycles. The van der Waals surface area contributed by atoms with Crippen molar-refractivity contribution >= 4 is 42.3 Å². The minimum Gasteiger partial charge on any atom is -0.467 e. The van der Waals surface area contributed by atoms with Gasteiger partial charge in [-0.15, -0.1) is 12.4 Å². The minimum atomic E-state index is -1.79. The third kappa shape index (κ3) is 8.50. The predicted octanol–water partition coefficient (Wildman–Crippen LogP) is -0.164. The molecule has 0 rings (SSSR count). The topological polar surface area (TPSA) is 152 Å². The molecule has 3 amide bonds. The molecule has 0 aliphatic rings. The Hall–Kier alpha value is -2.60. The maximum Gasteiger partial charge on any atom is 0.411 e. The minimum absolute atomic E-state index is 0. The van der Waals surface area contributed by atoms with Crippen LogP contribution in [0.3, 0.4) is 0 Å². The normalized spacial score (nSPS) is 13.8. The molecule has 0 aromatic carbocycles. The molecule has 0 aromatic rings. The zero-order chi connectivity index (χ0) is 25.2. The average molecular weight is 485 g/mol. The maximum atomic E-state index is 12.0. The lowest BCUT2D eigenvalue weighted by Gasteiger charge is -2.35. The fraction of sp³-hybridized carbons (Fsp3) is 0.737. The highest BCUT2D eigenvalue weighted by Gasteiger charge is 2.49. The van der Waals surface area contributed by atoms with Crippen molar-refractivity contribution in [1.29, 1.82) is 0 Å². The number of esters is 2. The van der Waals surface area contributed by atoms with Crippen molar-refractivity contribution in [2.45, 2.75) is 51.3 Å². The molecule has 0 bridgehead atoms. The molecule has 0 aliphatic heterocycles. The van der Waals surface area contributed by atoms with Crippen LogP contribution in [0.15, 0.2) is 0 Å². The average Bonchev–Trinajstić information content (AvgIpc) is 2.73. The highest BCUT2D eigenvalue weighted by atomic mass is 35.5. The first-order valence-electron chi connectivity index (χ1n) is 9.30. The summed E-state index contributed by atoms with van der Waals surface area (Å²) in [5, 5.41) is 7.29. The lowest BCUT2D eigenvalue weighted by Crippen LogP contribution is -2.62. The van der Waals surface area contributed by atoms with Gasteiger partial charge in [0.25, 0.3) is 11.8 Å². The summed E-state index contributed by atoms with van der Waals surface area (Å²) in [6.07, 6.45) is -0.788. The van der Waals surface area contributed by atoms with Crippen LogP contribution in [0.25, 0.3) is 0 Å². The van der Waals surface area contributed by atoms with Crippen molar-refractivity contribution in [3.8, 4) is 0 Å². The van der Waals surface area contributed by atoms with Crippen molar-refractivity contribution in [2.24, 2.45) is 0 Å². The number of methoxy groups -OCH3 is 2. The van der Waals surface area contributed by atoms with Crippen LogP contribution in [0.5, 0.6) is 0 Å². The van der Waals surface area contributed by atoms with E-state index in [2.05, 4.69) is 25.4 Å². The molecule has 13 heteroatoms. The smallest absolute Gasteiger partial charge is 0.411 e. The molecule has 3 N–H and O–H groups in total. The summed E-state index contributed by atoms with van der Waals surface area (Å²) in [4.78, 5) is 58.9. The SMILES string of the molecule is CNC(=O)C(C)(C(=O)OC)N(C)C(=O)OC(C)(C)C.CNC(=O)C(C)(NC)C(=O)OC.Cl. The quantitative estimate of drug-likeness (QED) is 0.265. The molecule has 2 unspecified atom stereocenters. The van der Waals surface area contributed by atoms with E-state index in [-0.39, 0.29) is 12.4 Å². The Morgan fingerprint density at radius 3 is 1.44 bits per heavy atom. The van der Waals surface area contributed by atoms with Crippen molar-refractivity contribution in [3.05, 3.63) is 0 Å². The third-order valence-corrected chi connectivity index (χ3v) is 4.37. The van der Waals surface area contributed by atoms with Gasteiger partial charge in [-0.2, -0.15) is 0 Å². The van der Waals surface area contributed by atoms with Crippen molar-refractivity contribution in [1.82, 2.24) is 20.9 Å². The zero-order valence-electron chi connectivity index (χ0n) is 20.6. The number of carbonyl (C=O) groups is 5. The molecule has 0 aliphatic carbocycles. The molecule has 12 nitrogen and oxygen atoms in total. The molecule has 188 valence electrons. The second-order valence-corrected chi connectivity index (χ2v) is 7.63. The Morgan fingerprint density at radius 2 is 1.16 bits per heavy atom. The molecular formula is C19H37ClN4O8. The van der Waals surface area contributed by atoms with Crippen molar-refractivity contribution in [3.63, 3.8) is 0 Å². The Bertz CT molecular complexity index is 647. The first-order chi connectivity index (χ1) is 14.0. The van der Waals surface area contributed by atoms with E-state index in [0.717, 1.165) is 12.0 Å². The predicted molar refractivity (Wildman–Crippen MR) is 119 cm³/mol. The molecular weight excluding hydrogens is 448 g/mol. The second kappa shape index (κ2) is 13.7. The van der Waals surface area contributed by atoms with Crippen LogP contribution >= 0.6 is 12.4 Å². The van der Waals surface area contributed by atoms with Gasteiger partial charge in [0, 0.05) is 21.1 Å². The van der Waals surface area contributed by atoms with Gasteiger partial charge in [-0.25, -0.2) is 14.4 Å². The Labute approximate surface area is 195 Å². The first kappa shape index (κ1) is 34.0. The third-order valence-electron chi connectivity index (χ3n) is 4.37. The molecule has 0 fully saturated rings. The van der Waals surface area contributed by atoms with Crippen LogP contribution in [0.4, 0.5) is 4.79 Å². The van der Waals surface area contributed by atoms with Gasteiger partial charge in [0.05, 0.1) is 14.2 Å². The number of likely N-dealkylation sites (N-methyl/N-ethyl adjacent to an activating group) is 4.